The van der Waals surface area contributed by atoms with Gasteiger partial charge in [-0.1, -0.05) is 29.3 Å². The van der Waals surface area contributed by atoms with Crippen molar-refractivity contribution in [3.63, 3.8) is 0 Å². The summed E-state index contributed by atoms with van der Waals surface area (Å²) in [6, 6.07) is 10.6. The molecule has 0 amide bonds. The Balaban J connectivity index is 2.48. The number of aromatic nitrogens is 1. The highest BCUT2D eigenvalue weighted by Crippen LogP contribution is 2.26. The second-order valence-electron chi connectivity index (χ2n) is 4.20. The summed E-state index contributed by atoms with van der Waals surface area (Å²) in [5.74, 6) is -0.706. The molecule has 2 aromatic rings. The average Bonchev–Trinajstić information content (AvgIpc) is 2.38. The molecule has 0 atom stereocenters. The van der Waals surface area contributed by atoms with Gasteiger partial charge in [0.15, 0.2) is 0 Å². The normalized spacial score (nSPS) is 10.3. The third-order valence-electron chi connectivity index (χ3n) is 2.81. The number of halogens is 1. The molecular weight excluding hydrogens is 264 g/mol. The van der Waals surface area contributed by atoms with Crippen LogP contribution in [0, 0.1) is 6.92 Å². The van der Waals surface area contributed by atoms with E-state index in [4.69, 9.17) is 11.6 Å². The van der Waals surface area contributed by atoms with Crippen LogP contribution in [0.15, 0.2) is 36.4 Å². The second-order valence-corrected chi connectivity index (χ2v) is 4.59. The number of rotatable bonds is 3. The number of pyridine rings is 1. The summed E-state index contributed by atoms with van der Waals surface area (Å²) in [7, 11) is 1.76. The van der Waals surface area contributed by atoms with Crippen LogP contribution in [-0.2, 0) is 0 Å². The number of anilines is 2. The molecular formula is C14H13ClN2O2. The Labute approximate surface area is 116 Å². The molecule has 4 nitrogen and oxygen atoms in total. The molecule has 0 aliphatic carbocycles. The minimum absolute atomic E-state index is 0.118. The minimum Gasteiger partial charge on any atom is -0.478 e. The fraction of sp³-hybridized carbons (Fsp3) is 0.143. The van der Waals surface area contributed by atoms with Crippen LogP contribution >= 0.6 is 11.6 Å². The van der Waals surface area contributed by atoms with E-state index < -0.39 is 5.97 Å². The van der Waals surface area contributed by atoms with Gasteiger partial charge in [0.25, 0.3) is 0 Å². The molecule has 5 heteroatoms. The Bertz CT molecular complexity index is 611. The number of carbonyl (C=O) groups is 1. The van der Waals surface area contributed by atoms with E-state index in [-0.39, 0.29) is 10.7 Å². The number of hydrogen-bond acceptors (Lipinski definition) is 3. The van der Waals surface area contributed by atoms with Gasteiger partial charge >= 0.3 is 5.97 Å². The van der Waals surface area contributed by atoms with Gasteiger partial charge in [-0.2, -0.15) is 0 Å². The van der Waals surface area contributed by atoms with Crippen LogP contribution in [0.3, 0.4) is 0 Å². The van der Waals surface area contributed by atoms with Crippen LogP contribution in [0.25, 0.3) is 0 Å². The van der Waals surface area contributed by atoms with Gasteiger partial charge in [0, 0.05) is 12.7 Å². The van der Waals surface area contributed by atoms with Gasteiger partial charge in [0.05, 0.1) is 0 Å². The monoisotopic (exact) mass is 276 g/mol. The number of carboxylic acids is 1. The highest BCUT2D eigenvalue weighted by Gasteiger charge is 2.16. The Morgan fingerprint density at radius 2 is 1.84 bits per heavy atom. The van der Waals surface area contributed by atoms with Crippen molar-refractivity contribution in [3.05, 3.63) is 52.7 Å². The fourth-order valence-corrected chi connectivity index (χ4v) is 1.88. The molecule has 0 aliphatic heterocycles. The lowest BCUT2D eigenvalue weighted by atomic mass is 10.2. The maximum atomic E-state index is 11.2. The molecule has 0 radical (unpaired) electrons. The van der Waals surface area contributed by atoms with E-state index in [1.807, 2.05) is 31.2 Å². The summed E-state index contributed by atoms with van der Waals surface area (Å²) in [6.45, 7) is 1.99. The number of aryl methyl sites for hydroxylation is 1. The molecule has 1 N–H and O–H groups in total. The number of carboxylic acid groups (broad SMARTS) is 1. The van der Waals surface area contributed by atoms with Crippen molar-refractivity contribution in [1.29, 1.82) is 0 Å². The summed E-state index contributed by atoms with van der Waals surface area (Å²) in [5.41, 5.74) is 2.10. The molecule has 0 saturated heterocycles. The molecule has 0 saturated carbocycles. The quantitative estimate of drug-likeness (QED) is 0.872. The lowest BCUT2D eigenvalue weighted by Crippen LogP contribution is -2.15. The zero-order chi connectivity index (χ0) is 14.0. The van der Waals surface area contributed by atoms with Crippen molar-refractivity contribution in [3.8, 4) is 0 Å². The Kier molecular flexibility index (Phi) is 3.71. The maximum Gasteiger partial charge on any atom is 0.339 e. The standard InChI is InChI=1S/C14H13ClN2O2/c1-9-3-5-10(6-4-9)17(2)13-11(14(18)19)7-8-12(15)16-13/h3-8H,1-2H3,(H,18,19). The van der Waals surface area contributed by atoms with E-state index in [9.17, 15) is 9.90 Å². The molecule has 0 fully saturated rings. The number of benzene rings is 1. The van der Waals surface area contributed by atoms with Crippen LogP contribution in [0.1, 0.15) is 15.9 Å². The van der Waals surface area contributed by atoms with Crippen molar-refractivity contribution in [1.82, 2.24) is 4.98 Å². The van der Waals surface area contributed by atoms with Crippen LogP contribution in [0.2, 0.25) is 5.15 Å². The summed E-state index contributed by atoms with van der Waals surface area (Å²) >= 11 is 5.85. The lowest BCUT2D eigenvalue weighted by molar-refractivity contribution is 0.0697. The summed E-state index contributed by atoms with van der Waals surface area (Å²) in [4.78, 5) is 17.0. The van der Waals surface area contributed by atoms with E-state index in [1.54, 1.807) is 11.9 Å². The molecule has 0 unspecified atom stereocenters. The number of hydrogen-bond donors (Lipinski definition) is 1. The first-order valence-electron chi connectivity index (χ1n) is 5.69. The predicted molar refractivity (Wildman–Crippen MR) is 75.4 cm³/mol. The van der Waals surface area contributed by atoms with Crippen LogP contribution in [0.5, 0.6) is 0 Å². The van der Waals surface area contributed by atoms with Crippen LogP contribution in [0.4, 0.5) is 11.5 Å². The Hall–Kier alpha value is -2.07. The molecule has 0 spiro atoms. The molecule has 0 bridgehead atoms. The van der Waals surface area contributed by atoms with E-state index in [1.165, 1.54) is 12.1 Å². The second kappa shape index (κ2) is 5.28. The molecule has 19 heavy (non-hydrogen) atoms. The van der Waals surface area contributed by atoms with Crippen molar-refractivity contribution in [2.24, 2.45) is 0 Å². The third-order valence-corrected chi connectivity index (χ3v) is 3.02. The predicted octanol–water partition coefficient (Wildman–Crippen LogP) is 3.51. The highest BCUT2D eigenvalue weighted by molar-refractivity contribution is 6.29. The minimum atomic E-state index is -1.03. The maximum absolute atomic E-state index is 11.2. The highest BCUT2D eigenvalue weighted by atomic mass is 35.5. The van der Waals surface area contributed by atoms with Crippen LogP contribution in [-0.4, -0.2) is 23.1 Å². The molecule has 1 heterocycles. The van der Waals surface area contributed by atoms with Gasteiger partial charge < -0.3 is 10.0 Å². The van der Waals surface area contributed by atoms with Crippen molar-refractivity contribution < 1.29 is 9.90 Å². The third kappa shape index (κ3) is 2.85. The van der Waals surface area contributed by atoms with Gasteiger partial charge in [0.2, 0.25) is 0 Å². The van der Waals surface area contributed by atoms with Gasteiger partial charge in [0.1, 0.15) is 16.5 Å². The number of nitrogens with zero attached hydrogens (tertiary/aromatic N) is 2. The molecule has 98 valence electrons. The summed E-state index contributed by atoms with van der Waals surface area (Å²) in [5, 5.41) is 9.45. The first kappa shape index (κ1) is 13.4. The van der Waals surface area contributed by atoms with E-state index in [2.05, 4.69) is 4.98 Å². The average molecular weight is 277 g/mol. The largest absolute Gasteiger partial charge is 0.478 e. The topological polar surface area (TPSA) is 53.4 Å². The number of aromatic carboxylic acids is 1. The van der Waals surface area contributed by atoms with Crippen LogP contribution < -0.4 is 4.90 Å². The Morgan fingerprint density at radius 3 is 2.42 bits per heavy atom. The zero-order valence-electron chi connectivity index (χ0n) is 10.6. The molecule has 2 rings (SSSR count). The van der Waals surface area contributed by atoms with Crippen molar-refractivity contribution in [2.75, 3.05) is 11.9 Å². The van der Waals surface area contributed by atoms with Crippen molar-refractivity contribution >= 4 is 29.1 Å². The smallest absolute Gasteiger partial charge is 0.339 e. The Morgan fingerprint density at radius 1 is 1.21 bits per heavy atom. The van der Waals surface area contributed by atoms with Gasteiger partial charge in [-0.15, -0.1) is 0 Å². The van der Waals surface area contributed by atoms with Gasteiger partial charge in [-0.25, -0.2) is 9.78 Å². The first-order chi connectivity index (χ1) is 8.99. The van der Waals surface area contributed by atoms with E-state index in [0.29, 0.717) is 5.82 Å². The van der Waals surface area contributed by atoms with Gasteiger partial charge in [-0.05, 0) is 31.2 Å². The van der Waals surface area contributed by atoms with E-state index in [0.717, 1.165) is 11.3 Å². The summed E-state index contributed by atoms with van der Waals surface area (Å²) < 4.78 is 0. The van der Waals surface area contributed by atoms with E-state index >= 15 is 0 Å². The van der Waals surface area contributed by atoms with Crippen molar-refractivity contribution in [2.45, 2.75) is 6.92 Å². The molecule has 1 aromatic carbocycles. The lowest BCUT2D eigenvalue weighted by Gasteiger charge is -2.20. The SMILES string of the molecule is Cc1ccc(N(C)c2nc(Cl)ccc2C(=O)O)cc1. The zero-order valence-corrected chi connectivity index (χ0v) is 11.3. The summed E-state index contributed by atoms with van der Waals surface area (Å²) in [6.07, 6.45) is 0. The molecule has 0 aliphatic rings. The molecule has 1 aromatic heterocycles. The van der Waals surface area contributed by atoms with Gasteiger partial charge in [-0.3, -0.25) is 0 Å². The fourth-order valence-electron chi connectivity index (χ4n) is 1.74. The first-order valence-corrected chi connectivity index (χ1v) is 6.07.